The fraction of sp³-hybridized carbons (Fsp3) is 0.462. The SMILES string of the molecule is CC(C)C(Br)CNC(=O)Cc1c(F)cccc1Cl. The number of hydrogen-bond donors (Lipinski definition) is 1. The maximum absolute atomic E-state index is 13.5. The van der Waals surface area contributed by atoms with Crippen LogP contribution in [0.4, 0.5) is 4.39 Å². The number of alkyl halides is 1. The van der Waals surface area contributed by atoms with Crippen molar-refractivity contribution in [1.82, 2.24) is 5.32 Å². The third-order valence-electron chi connectivity index (χ3n) is 2.62. The largest absolute Gasteiger partial charge is 0.355 e. The highest BCUT2D eigenvalue weighted by Gasteiger charge is 2.14. The summed E-state index contributed by atoms with van der Waals surface area (Å²) in [7, 11) is 0. The van der Waals surface area contributed by atoms with Gasteiger partial charge < -0.3 is 5.32 Å². The summed E-state index contributed by atoms with van der Waals surface area (Å²) in [6, 6.07) is 4.40. The molecule has 1 aromatic carbocycles. The zero-order valence-corrected chi connectivity index (χ0v) is 12.7. The Morgan fingerprint density at radius 3 is 2.72 bits per heavy atom. The highest BCUT2D eigenvalue weighted by molar-refractivity contribution is 9.09. The highest BCUT2D eigenvalue weighted by Crippen LogP contribution is 2.19. The molecule has 0 aromatic heterocycles. The Hall–Kier alpha value is -0.610. The van der Waals surface area contributed by atoms with Crippen molar-refractivity contribution in [3.05, 3.63) is 34.6 Å². The van der Waals surface area contributed by atoms with Crippen LogP contribution >= 0.6 is 27.5 Å². The van der Waals surface area contributed by atoms with Crippen LogP contribution in [0, 0.1) is 11.7 Å². The van der Waals surface area contributed by atoms with Gasteiger partial charge in [0.2, 0.25) is 5.91 Å². The van der Waals surface area contributed by atoms with Gasteiger partial charge in [0, 0.05) is 22.0 Å². The van der Waals surface area contributed by atoms with Gasteiger partial charge in [0.15, 0.2) is 0 Å². The summed E-state index contributed by atoms with van der Waals surface area (Å²) in [5.41, 5.74) is 0.243. The van der Waals surface area contributed by atoms with Crippen LogP contribution in [-0.2, 0) is 11.2 Å². The minimum absolute atomic E-state index is 0.0384. The van der Waals surface area contributed by atoms with Crippen molar-refractivity contribution in [3.63, 3.8) is 0 Å². The summed E-state index contributed by atoms with van der Waals surface area (Å²) >= 11 is 9.33. The lowest BCUT2D eigenvalue weighted by Crippen LogP contribution is -2.32. The fourth-order valence-electron chi connectivity index (χ4n) is 1.37. The highest BCUT2D eigenvalue weighted by atomic mass is 79.9. The van der Waals surface area contributed by atoms with Crippen molar-refractivity contribution in [2.24, 2.45) is 5.92 Å². The van der Waals surface area contributed by atoms with Gasteiger partial charge in [-0.2, -0.15) is 0 Å². The predicted octanol–water partition coefficient (Wildman–Crippen LogP) is 3.56. The lowest BCUT2D eigenvalue weighted by atomic mass is 10.1. The minimum Gasteiger partial charge on any atom is -0.355 e. The number of carbonyl (C=O) groups excluding carboxylic acids is 1. The molecular formula is C13H16BrClFNO. The fourth-order valence-corrected chi connectivity index (χ4v) is 1.76. The molecule has 0 fully saturated rings. The summed E-state index contributed by atoms with van der Waals surface area (Å²) in [6.07, 6.45) is -0.0384. The van der Waals surface area contributed by atoms with E-state index in [-0.39, 0.29) is 27.7 Å². The molecule has 0 saturated carbocycles. The second kappa shape index (κ2) is 7.10. The zero-order chi connectivity index (χ0) is 13.7. The zero-order valence-electron chi connectivity index (χ0n) is 10.3. The molecule has 0 saturated heterocycles. The molecule has 0 aliphatic heterocycles. The minimum atomic E-state index is -0.447. The quantitative estimate of drug-likeness (QED) is 0.819. The molecule has 100 valence electrons. The van der Waals surface area contributed by atoms with Crippen LogP contribution in [0.25, 0.3) is 0 Å². The van der Waals surface area contributed by atoms with Crippen molar-refractivity contribution in [2.75, 3.05) is 6.54 Å². The molecule has 1 N–H and O–H groups in total. The van der Waals surface area contributed by atoms with E-state index in [0.717, 1.165) is 0 Å². The van der Waals surface area contributed by atoms with E-state index in [0.29, 0.717) is 12.5 Å². The number of nitrogens with one attached hydrogen (secondary N) is 1. The lowest BCUT2D eigenvalue weighted by Gasteiger charge is -2.14. The molecule has 0 spiro atoms. The third-order valence-corrected chi connectivity index (χ3v) is 4.35. The van der Waals surface area contributed by atoms with Crippen molar-refractivity contribution in [1.29, 1.82) is 0 Å². The molecule has 1 unspecified atom stereocenters. The molecule has 0 aliphatic carbocycles. The number of amides is 1. The van der Waals surface area contributed by atoms with Gasteiger partial charge in [0.05, 0.1) is 6.42 Å². The normalized spacial score (nSPS) is 12.6. The molecule has 1 amide bonds. The number of hydrogen-bond acceptors (Lipinski definition) is 1. The topological polar surface area (TPSA) is 29.1 Å². The summed E-state index contributed by atoms with van der Waals surface area (Å²) < 4.78 is 13.5. The second-order valence-corrected chi connectivity index (χ2v) is 6.02. The molecule has 1 atom stereocenters. The Balaban J connectivity index is 2.55. The smallest absolute Gasteiger partial charge is 0.224 e. The Morgan fingerprint density at radius 2 is 2.17 bits per heavy atom. The Morgan fingerprint density at radius 1 is 1.50 bits per heavy atom. The third kappa shape index (κ3) is 4.58. The summed E-state index contributed by atoms with van der Waals surface area (Å²) in [4.78, 5) is 11.9. The summed E-state index contributed by atoms with van der Waals surface area (Å²) in [6.45, 7) is 4.63. The Bertz CT molecular complexity index is 405. The molecule has 1 aromatic rings. The molecule has 5 heteroatoms. The van der Waals surface area contributed by atoms with Crippen LogP contribution in [0.5, 0.6) is 0 Å². The second-order valence-electron chi connectivity index (χ2n) is 4.44. The standard InChI is InChI=1S/C13H16BrClFNO/c1-8(2)10(14)7-17-13(18)6-9-11(15)4-3-5-12(9)16/h3-5,8,10H,6-7H2,1-2H3,(H,17,18). The van der Waals surface area contributed by atoms with Crippen molar-refractivity contribution < 1.29 is 9.18 Å². The first-order chi connectivity index (χ1) is 8.41. The lowest BCUT2D eigenvalue weighted by molar-refractivity contribution is -0.120. The van der Waals surface area contributed by atoms with E-state index in [1.165, 1.54) is 12.1 Å². The van der Waals surface area contributed by atoms with Crippen LogP contribution in [0.3, 0.4) is 0 Å². The molecule has 0 bridgehead atoms. The van der Waals surface area contributed by atoms with Crippen molar-refractivity contribution in [3.8, 4) is 0 Å². The van der Waals surface area contributed by atoms with Crippen molar-refractivity contribution >= 4 is 33.4 Å². The van der Waals surface area contributed by atoms with Gasteiger partial charge in [-0.15, -0.1) is 0 Å². The van der Waals surface area contributed by atoms with Gasteiger partial charge in [0.25, 0.3) is 0 Å². The summed E-state index contributed by atoms with van der Waals surface area (Å²) in [5.74, 6) is -0.258. The van der Waals surface area contributed by atoms with Gasteiger partial charge in [-0.3, -0.25) is 4.79 Å². The van der Waals surface area contributed by atoms with E-state index in [1.54, 1.807) is 6.07 Å². The van der Waals surface area contributed by atoms with Gasteiger partial charge in [-0.1, -0.05) is 47.4 Å². The number of halogens is 3. The van der Waals surface area contributed by atoms with E-state index >= 15 is 0 Å². The van der Waals surface area contributed by atoms with Gasteiger partial charge in [-0.05, 0) is 18.1 Å². The monoisotopic (exact) mass is 335 g/mol. The van der Waals surface area contributed by atoms with Crippen LogP contribution in [0.2, 0.25) is 5.02 Å². The first-order valence-corrected chi connectivity index (χ1v) is 7.04. The van der Waals surface area contributed by atoms with E-state index in [1.807, 2.05) is 0 Å². The molecule has 0 heterocycles. The van der Waals surface area contributed by atoms with Crippen LogP contribution in [-0.4, -0.2) is 17.3 Å². The molecule has 0 radical (unpaired) electrons. The van der Waals surface area contributed by atoms with E-state index in [9.17, 15) is 9.18 Å². The average molecular weight is 337 g/mol. The van der Waals surface area contributed by atoms with Crippen LogP contribution < -0.4 is 5.32 Å². The molecule has 18 heavy (non-hydrogen) atoms. The van der Waals surface area contributed by atoms with Crippen LogP contribution in [0.1, 0.15) is 19.4 Å². The Labute approximate surface area is 120 Å². The van der Waals surface area contributed by atoms with E-state index in [4.69, 9.17) is 11.6 Å². The van der Waals surface area contributed by atoms with E-state index < -0.39 is 5.82 Å². The number of benzene rings is 1. The van der Waals surface area contributed by atoms with Gasteiger partial charge in [-0.25, -0.2) is 4.39 Å². The van der Waals surface area contributed by atoms with Crippen molar-refractivity contribution in [2.45, 2.75) is 25.1 Å². The molecular weight excluding hydrogens is 321 g/mol. The number of rotatable bonds is 5. The average Bonchev–Trinajstić information content (AvgIpc) is 2.30. The van der Waals surface area contributed by atoms with Gasteiger partial charge >= 0.3 is 0 Å². The van der Waals surface area contributed by atoms with E-state index in [2.05, 4.69) is 35.1 Å². The maximum atomic E-state index is 13.5. The predicted molar refractivity (Wildman–Crippen MR) is 75.7 cm³/mol. The molecule has 0 aliphatic rings. The van der Waals surface area contributed by atoms with Gasteiger partial charge in [0.1, 0.15) is 5.82 Å². The molecule has 1 rings (SSSR count). The van der Waals surface area contributed by atoms with Crippen LogP contribution in [0.15, 0.2) is 18.2 Å². The first-order valence-electron chi connectivity index (χ1n) is 5.75. The first kappa shape index (κ1) is 15.4. The summed E-state index contributed by atoms with van der Waals surface area (Å²) in [5, 5.41) is 3.04. The molecule has 2 nitrogen and oxygen atoms in total. The number of carbonyl (C=O) groups is 1. The Kier molecular flexibility index (Phi) is 6.09. The maximum Gasteiger partial charge on any atom is 0.224 e.